The van der Waals surface area contributed by atoms with Gasteiger partial charge in [-0.15, -0.1) is 0 Å². The molecule has 0 aromatic heterocycles. The van der Waals surface area contributed by atoms with Crippen LogP contribution in [0.4, 0.5) is 21.5 Å². The van der Waals surface area contributed by atoms with E-state index in [-0.39, 0.29) is 11.6 Å². The third-order valence-electron chi connectivity index (χ3n) is 3.40. The van der Waals surface area contributed by atoms with Gasteiger partial charge >= 0.3 is 0 Å². The lowest BCUT2D eigenvalue weighted by Crippen LogP contribution is -2.26. The molecule has 0 spiro atoms. The van der Waals surface area contributed by atoms with Crippen LogP contribution in [0.1, 0.15) is 12.8 Å². The van der Waals surface area contributed by atoms with Crippen molar-refractivity contribution < 1.29 is 9.18 Å². The number of nitrogens with zero attached hydrogens (tertiary/aromatic N) is 1. The first-order valence-corrected chi connectivity index (χ1v) is 6.66. The number of anilines is 3. The highest BCUT2D eigenvalue weighted by Crippen LogP contribution is 2.35. The van der Waals surface area contributed by atoms with Crippen molar-refractivity contribution in [2.75, 3.05) is 16.8 Å². The van der Waals surface area contributed by atoms with Gasteiger partial charge in [-0.2, -0.15) is 0 Å². The summed E-state index contributed by atoms with van der Waals surface area (Å²) in [5, 5.41) is 2.67. The number of amides is 1. The molecule has 20 heavy (non-hydrogen) atoms. The quantitative estimate of drug-likeness (QED) is 0.857. The number of halogens is 1. The molecule has 0 unspecified atom stereocenters. The smallest absolute Gasteiger partial charge is 0.224 e. The SMILES string of the molecule is O=C1CCCN(c2ccccc2)c2cccc(F)c2N1. The van der Waals surface area contributed by atoms with Crippen LogP contribution in [0.25, 0.3) is 0 Å². The summed E-state index contributed by atoms with van der Waals surface area (Å²) in [5.41, 5.74) is 1.96. The zero-order chi connectivity index (χ0) is 13.9. The highest BCUT2D eigenvalue weighted by Gasteiger charge is 2.20. The van der Waals surface area contributed by atoms with Gasteiger partial charge in [-0.3, -0.25) is 4.79 Å². The summed E-state index contributed by atoms with van der Waals surface area (Å²) in [6, 6.07) is 14.7. The normalized spacial score (nSPS) is 15.1. The average molecular weight is 270 g/mol. The molecule has 4 heteroatoms. The number of hydrogen-bond acceptors (Lipinski definition) is 2. The molecule has 3 nitrogen and oxygen atoms in total. The maximum atomic E-state index is 14.0. The van der Waals surface area contributed by atoms with E-state index in [2.05, 4.69) is 5.32 Å². The van der Waals surface area contributed by atoms with E-state index in [0.29, 0.717) is 18.7 Å². The van der Waals surface area contributed by atoms with Crippen LogP contribution in [0.2, 0.25) is 0 Å². The van der Waals surface area contributed by atoms with Crippen LogP contribution in [0.5, 0.6) is 0 Å². The zero-order valence-corrected chi connectivity index (χ0v) is 11.0. The van der Waals surface area contributed by atoms with Gasteiger partial charge in [-0.1, -0.05) is 24.3 Å². The van der Waals surface area contributed by atoms with Crippen molar-refractivity contribution >= 4 is 23.0 Å². The lowest BCUT2D eigenvalue weighted by Gasteiger charge is -2.29. The third kappa shape index (κ3) is 2.37. The molecule has 0 aliphatic carbocycles. The number of fused-ring (bicyclic) bond motifs is 1. The molecule has 102 valence electrons. The molecule has 0 saturated carbocycles. The predicted octanol–water partition coefficient (Wildman–Crippen LogP) is 3.70. The van der Waals surface area contributed by atoms with Crippen LogP contribution < -0.4 is 10.2 Å². The van der Waals surface area contributed by atoms with Gasteiger partial charge in [0.2, 0.25) is 5.91 Å². The Kier molecular flexibility index (Phi) is 3.37. The molecule has 0 radical (unpaired) electrons. The van der Waals surface area contributed by atoms with Gasteiger partial charge in [-0.25, -0.2) is 4.39 Å². The first-order valence-electron chi connectivity index (χ1n) is 6.66. The molecule has 0 fully saturated rings. The Morgan fingerprint density at radius 1 is 1.05 bits per heavy atom. The number of nitrogens with one attached hydrogen (secondary N) is 1. The van der Waals surface area contributed by atoms with Crippen LogP contribution in [0.3, 0.4) is 0 Å². The summed E-state index contributed by atoms with van der Waals surface area (Å²) < 4.78 is 14.0. The van der Waals surface area contributed by atoms with Gasteiger partial charge in [0.15, 0.2) is 0 Å². The van der Waals surface area contributed by atoms with Crippen molar-refractivity contribution in [1.82, 2.24) is 0 Å². The molecule has 3 rings (SSSR count). The van der Waals surface area contributed by atoms with E-state index in [0.717, 1.165) is 12.1 Å². The Balaban J connectivity index is 2.11. The fourth-order valence-electron chi connectivity index (χ4n) is 2.46. The minimum atomic E-state index is -0.404. The summed E-state index contributed by atoms with van der Waals surface area (Å²) in [6.07, 6.45) is 1.13. The van der Waals surface area contributed by atoms with Crippen LogP contribution in [-0.4, -0.2) is 12.5 Å². The molecule has 0 saturated heterocycles. The molecule has 1 aliphatic rings. The van der Waals surface area contributed by atoms with E-state index in [1.54, 1.807) is 6.07 Å². The minimum absolute atomic E-state index is 0.135. The molecule has 1 N–H and O–H groups in total. The van der Waals surface area contributed by atoms with Crippen LogP contribution in [0.15, 0.2) is 48.5 Å². The monoisotopic (exact) mass is 270 g/mol. The molecule has 0 bridgehead atoms. The minimum Gasteiger partial charge on any atom is -0.340 e. The first kappa shape index (κ1) is 12.7. The average Bonchev–Trinajstić information content (AvgIpc) is 2.45. The second-order valence-electron chi connectivity index (χ2n) is 4.77. The van der Waals surface area contributed by atoms with E-state index in [1.165, 1.54) is 6.07 Å². The van der Waals surface area contributed by atoms with Crippen molar-refractivity contribution in [2.45, 2.75) is 12.8 Å². The molecule has 2 aromatic rings. The van der Waals surface area contributed by atoms with Crippen LogP contribution in [0, 0.1) is 5.82 Å². The lowest BCUT2D eigenvalue weighted by atomic mass is 10.1. The lowest BCUT2D eigenvalue weighted by molar-refractivity contribution is -0.116. The molecule has 2 aromatic carbocycles. The molecule has 1 heterocycles. The zero-order valence-electron chi connectivity index (χ0n) is 11.0. The first-order chi connectivity index (χ1) is 9.75. The maximum absolute atomic E-state index is 14.0. The Morgan fingerprint density at radius 2 is 1.85 bits per heavy atom. The third-order valence-corrected chi connectivity index (χ3v) is 3.40. The second kappa shape index (κ2) is 5.33. The van der Waals surface area contributed by atoms with E-state index in [9.17, 15) is 9.18 Å². The number of para-hydroxylation sites is 2. The van der Waals surface area contributed by atoms with Gasteiger partial charge in [-0.05, 0) is 30.7 Å². The Labute approximate surface area is 117 Å². The molecular formula is C16H15FN2O. The predicted molar refractivity (Wildman–Crippen MR) is 77.7 cm³/mol. The largest absolute Gasteiger partial charge is 0.340 e. The number of hydrogen-bond donors (Lipinski definition) is 1. The number of rotatable bonds is 1. The van der Waals surface area contributed by atoms with Crippen LogP contribution in [-0.2, 0) is 4.79 Å². The summed E-state index contributed by atoms with van der Waals surface area (Å²) >= 11 is 0. The topological polar surface area (TPSA) is 32.3 Å². The number of carbonyl (C=O) groups excluding carboxylic acids is 1. The van der Waals surface area contributed by atoms with Crippen molar-refractivity contribution in [3.05, 3.63) is 54.3 Å². The molecule has 0 atom stereocenters. The van der Waals surface area contributed by atoms with E-state index >= 15 is 0 Å². The van der Waals surface area contributed by atoms with Crippen molar-refractivity contribution in [2.24, 2.45) is 0 Å². The molecule has 1 amide bonds. The van der Waals surface area contributed by atoms with Crippen LogP contribution >= 0.6 is 0 Å². The Morgan fingerprint density at radius 3 is 2.65 bits per heavy atom. The standard InChI is InChI=1S/C16H15FN2O/c17-13-8-4-9-14-16(13)18-15(20)10-5-11-19(14)12-6-2-1-3-7-12/h1-4,6-9H,5,10-11H2,(H,18,20). The van der Waals surface area contributed by atoms with Crippen molar-refractivity contribution in [3.8, 4) is 0 Å². The van der Waals surface area contributed by atoms with Gasteiger partial charge in [0.1, 0.15) is 11.5 Å². The number of benzene rings is 2. The maximum Gasteiger partial charge on any atom is 0.224 e. The highest BCUT2D eigenvalue weighted by molar-refractivity contribution is 5.96. The van der Waals surface area contributed by atoms with Gasteiger partial charge in [0.05, 0.1) is 5.69 Å². The van der Waals surface area contributed by atoms with E-state index in [1.807, 2.05) is 41.3 Å². The van der Waals surface area contributed by atoms with Gasteiger partial charge < -0.3 is 10.2 Å². The summed E-state index contributed by atoms with van der Waals surface area (Å²) in [5.74, 6) is -0.539. The fraction of sp³-hybridized carbons (Fsp3) is 0.188. The van der Waals surface area contributed by atoms with Crippen molar-refractivity contribution in [1.29, 1.82) is 0 Å². The molecule has 1 aliphatic heterocycles. The summed E-state index contributed by atoms with van der Waals surface area (Å²) in [6.45, 7) is 0.688. The second-order valence-corrected chi connectivity index (χ2v) is 4.77. The van der Waals surface area contributed by atoms with Gasteiger partial charge in [0.25, 0.3) is 0 Å². The fourth-order valence-corrected chi connectivity index (χ4v) is 2.46. The molecular weight excluding hydrogens is 255 g/mol. The van der Waals surface area contributed by atoms with E-state index in [4.69, 9.17) is 0 Å². The number of carbonyl (C=O) groups is 1. The highest BCUT2D eigenvalue weighted by atomic mass is 19.1. The Hall–Kier alpha value is -2.36. The Bertz CT molecular complexity index is 628. The van der Waals surface area contributed by atoms with Gasteiger partial charge in [0, 0.05) is 18.7 Å². The summed E-state index contributed by atoms with van der Waals surface area (Å²) in [4.78, 5) is 13.7. The van der Waals surface area contributed by atoms with Crippen molar-refractivity contribution in [3.63, 3.8) is 0 Å². The summed E-state index contributed by atoms with van der Waals surface area (Å²) in [7, 11) is 0. The van der Waals surface area contributed by atoms with E-state index < -0.39 is 5.82 Å².